The third-order valence-electron chi connectivity index (χ3n) is 4.79. The minimum atomic E-state index is -0.342. The highest BCUT2D eigenvalue weighted by Gasteiger charge is 2.08. The number of carbonyl (C=O) groups is 1. The number of fused-ring (bicyclic) bond motifs is 1. The molecule has 0 spiro atoms. The van der Waals surface area contributed by atoms with Gasteiger partial charge in [-0.15, -0.1) is 5.11 Å². The molecule has 29 heavy (non-hydrogen) atoms. The lowest BCUT2D eigenvalue weighted by molar-refractivity contribution is 0.0466. The van der Waals surface area contributed by atoms with Crippen LogP contribution in [0.2, 0.25) is 0 Å². The zero-order chi connectivity index (χ0) is 20.6. The summed E-state index contributed by atoms with van der Waals surface area (Å²) in [6, 6.07) is 17.6. The molecule has 0 aliphatic heterocycles. The smallest absolute Gasteiger partial charge is 0.338 e. The summed E-state index contributed by atoms with van der Waals surface area (Å²) in [4.78, 5) is 14.4. The molecule has 6 nitrogen and oxygen atoms in total. The van der Waals surface area contributed by atoms with Crippen molar-refractivity contribution in [2.24, 2.45) is 10.2 Å². The van der Waals surface area contributed by atoms with Gasteiger partial charge in [0.05, 0.1) is 16.9 Å². The summed E-state index contributed by atoms with van der Waals surface area (Å²) in [5.41, 5.74) is 1.78. The van der Waals surface area contributed by atoms with Crippen LogP contribution in [0.25, 0.3) is 10.8 Å². The summed E-state index contributed by atoms with van der Waals surface area (Å²) in [7, 11) is 0. The Bertz CT molecular complexity index is 996. The van der Waals surface area contributed by atoms with E-state index in [4.69, 9.17) is 4.74 Å². The Labute approximate surface area is 170 Å². The van der Waals surface area contributed by atoms with E-state index in [2.05, 4.69) is 29.0 Å². The number of azo groups is 1. The van der Waals surface area contributed by atoms with Crippen LogP contribution >= 0.6 is 0 Å². The van der Waals surface area contributed by atoms with Crippen LogP contribution in [0.3, 0.4) is 0 Å². The minimum absolute atomic E-state index is 0.211. The predicted molar refractivity (Wildman–Crippen MR) is 114 cm³/mol. The van der Waals surface area contributed by atoms with Gasteiger partial charge in [0, 0.05) is 17.3 Å². The lowest BCUT2D eigenvalue weighted by Crippen LogP contribution is -2.27. The van der Waals surface area contributed by atoms with Gasteiger partial charge in [-0.3, -0.25) is 0 Å². The summed E-state index contributed by atoms with van der Waals surface area (Å²) in [6.07, 6.45) is 0. The van der Waals surface area contributed by atoms with Gasteiger partial charge in [0.1, 0.15) is 12.4 Å². The van der Waals surface area contributed by atoms with Crippen molar-refractivity contribution >= 4 is 28.1 Å². The summed E-state index contributed by atoms with van der Waals surface area (Å²) in [5.74, 6) is -0.131. The van der Waals surface area contributed by atoms with Crippen LogP contribution < -0.4 is 0 Å². The normalized spacial score (nSPS) is 11.4. The first-order chi connectivity index (χ1) is 14.1. The number of rotatable bonds is 8. The zero-order valence-electron chi connectivity index (χ0n) is 16.7. The topological polar surface area (TPSA) is 74.5 Å². The maximum Gasteiger partial charge on any atom is 0.338 e. The molecule has 0 radical (unpaired) electrons. The van der Waals surface area contributed by atoms with Crippen molar-refractivity contribution < 1.29 is 14.6 Å². The molecule has 0 fully saturated rings. The quantitative estimate of drug-likeness (QED) is 0.409. The first kappa shape index (κ1) is 20.5. The van der Waals surface area contributed by atoms with E-state index in [9.17, 15) is 9.90 Å². The van der Waals surface area contributed by atoms with E-state index in [1.807, 2.05) is 24.3 Å². The molecule has 0 bridgehead atoms. The molecule has 1 N–H and O–H groups in total. The molecule has 0 heterocycles. The van der Waals surface area contributed by atoms with Crippen LogP contribution in [0.1, 0.15) is 24.2 Å². The van der Waals surface area contributed by atoms with E-state index in [0.29, 0.717) is 23.5 Å². The highest BCUT2D eigenvalue weighted by Crippen LogP contribution is 2.33. The Morgan fingerprint density at radius 2 is 1.62 bits per heavy atom. The van der Waals surface area contributed by atoms with Crippen molar-refractivity contribution in [1.29, 1.82) is 0 Å². The summed E-state index contributed by atoms with van der Waals surface area (Å²) in [6.45, 7) is 7.13. The van der Waals surface area contributed by atoms with Crippen molar-refractivity contribution in [2.75, 3.05) is 26.2 Å². The first-order valence-electron chi connectivity index (χ1n) is 9.74. The third-order valence-corrected chi connectivity index (χ3v) is 4.79. The molecule has 3 aromatic carbocycles. The Morgan fingerprint density at radius 3 is 2.31 bits per heavy atom. The van der Waals surface area contributed by atoms with Crippen molar-refractivity contribution in [3.05, 3.63) is 66.2 Å². The fourth-order valence-corrected chi connectivity index (χ4v) is 3.02. The van der Waals surface area contributed by atoms with E-state index in [1.54, 1.807) is 36.4 Å². The maximum atomic E-state index is 12.2. The van der Waals surface area contributed by atoms with Crippen molar-refractivity contribution in [2.45, 2.75) is 13.8 Å². The maximum absolute atomic E-state index is 12.2. The Kier molecular flexibility index (Phi) is 6.92. The third kappa shape index (κ3) is 5.18. The molecule has 3 aromatic rings. The van der Waals surface area contributed by atoms with Gasteiger partial charge in [0.15, 0.2) is 0 Å². The Hall–Kier alpha value is -3.25. The average Bonchev–Trinajstić information content (AvgIpc) is 2.77. The molecule has 0 atom stereocenters. The van der Waals surface area contributed by atoms with Gasteiger partial charge in [-0.05, 0) is 49.5 Å². The molecule has 150 valence electrons. The second-order valence-corrected chi connectivity index (χ2v) is 6.56. The SMILES string of the molecule is CCN(CC)CCOC(=O)c1ccc(N=Nc2ccc(O)c3ccccc23)cc1. The highest BCUT2D eigenvalue weighted by atomic mass is 16.5. The van der Waals surface area contributed by atoms with Gasteiger partial charge < -0.3 is 14.7 Å². The second kappa shape index (κ2) is 9.80. The van der Waals surface area contributed by atoms with E-state index < -0.39 is 0 Å². The van der Waals surface area contributed by atoms with Gasteiger partial charge in [-0.2, -0.15) is 5.11 Å². The molecule has 0 amide bonds. The van der Waals surface area contributed by atoms with Gasteiger partial charge in [-0.25, -0.2) is 4.79 Å². The van der Waals surface area contributed by atoms with Gasteiger partial charge in [0.25, 0.3) is 0 Å². The number of esters is 1. The van der Waals surface area contributed by atoms with Crippen LogP contribution in [0.5, 0.6) is 5.75 Å². The van der Waals surface area contributed by atoms with Crippen LogP contribution in [-0.2, 0) is 4.74 Å². The van der Waals surface area contributed by atoms with E-state index >= 15 is 0 Å². The first-order valence-corrected chi connectivity index (χ1v) is 9.74. The van der Waals surface area contributed by atoms with Crippen LogP contribution in [0.15, 0.2) is 70.9 Å². The predicted octanol–water partition coefficient (Wildman–Crippen LogP) is 5.46. The zero-order valence-corrected chi connectivity index (χ0v) is 16.7. The molecule has 0 aliphatic carbocycles. The second-order valence-electron chi connectivity index (χ2n) is 6.56. The van der Waals surface area contributed by atoms with Crippen LogP contribution in [0, 0.1) is 0 Å². The minimum Gasteiger partial charge on any atom is -0.507 e. The highest BCUT2D eigenvalue weighted by molar-refractivity contribution is 5.96. The number of hydrogen-bond donors (Lipinski definition) is 1. The standard InChI is InChI=1S/C23H25N3O3/c1-3-26(4-2)15-16-29-23(28)17-9-11-18(12-10-17)24-25-21-13-14-22(27)20-8-6-5-7-19(20)21/h5-14,27H,3-4,15-16H2,1-2H3. The van der Waals surface area contributed by atoms with E-state index in [0.717, 1.165) is 30.4 Å². The number of phenolic OH excluding ortho intramolecular Hbond substituents is 1. The lowest BCUT2D eigenvalue weighted by Gasteiger charge is -2.17. The van der Waals surface area contributed by atoms with Crippen molar-refractivity contribution in [1.82, 2.24) is 4.90 Å². The number of carbonyl (C=O) groups excluding carboxylic acids is 1. The number of nitrogens with zero attached hydrogens (tertiary/aromatic N) is 3. The molecule has 0 unspecified atom stereocenters. The van der Waals surface area contributed by atoms with Crippen LogP contribution in [-0.4, -0.2) is 42.2 Å². The molecule has 3 rings (SSSR count). The summed E-state index contributed by atoms with van der Waals surface area (Å²) >= 11 is 0. The summed E-state index contributed by atoms with van der Waals surface area (Å²) in [5, 5.41) is 20.1. The van der Waals surface area contributed by atoms with Crippen molar-refractivity contribution in [3.8, 4) is 5.75 Å². The molecule has 0 saturated carbocycles. The number of benzene rings is 3. The number of hydrogen-bond acceptors (Lipinski definition) is 6. The van der Waals surface area contributed by atoms with Crippen LogP contribution in [0.4, 0.5) is 11.4 Å². The van der Waals surface area contributed by atoms with Gasteiger partial charge in [-0.1, -0.05) is 38.1 Å². The van der Waals surface area contributed by atoms with Crippen molar-refractivity contribution in [3.63, 3.8) is 0 Å². The number of likely N-dealkylation sites (N-methyl/N-ethyl adjacent to an activating group) is 1. The fourth-order valence-electron chi connectivity index (χ4n) is 3.02. The molecular formula is C23H25N3O3. The molecule has 0 aliphatic rings. The molecule has 0 aromatic heterocycles. The monoisotopic (exact) mass is 391 g/mol. The Balaban J connectivity index is 1.65. The Morgan fingerprint density at radius 1 is 0.931 bits per heavy atom. The average molecular weight is 391 g/mol. The number of ether oxygens (including phenoxy) is 1. The van der Waals surface area contributed by atoms with E-state index in [1.165, 1.54) is 0 Å². The molecular weight excluding hydrogens is 366 g/mol. The summed E-state index contributed by atoms with van der Waals surface area (Å²) < 4.78 is 5.33. The number of aromatic hydroxyl groups is 1. The largest absolute Gasteiger partial charge is 0.507 e. The molecule has 0 saturated heterocycles. The van der Waals surface area contributed by atoms with Gasteiger partial charge in [0.2, 0.25) is 0 Å². The van der Waals surface area contributed by atoms with Gasteiger partial charge >= 0.3 is 5.97 Å². The lowest BCUT2D eigenvalue weighted by atomic mass is 10.1. The molecule has 6 heteroatoms. The van der Waals surface area contributed by atoms with E-state index in [-0.39, 0.29) is 11.7 Å². The number of phenols is 1. The fraction of sp³-hybridized carbons (Fsp3) is 0.261.